The Balaban J connectivity index is 3.37. The molecule has 0 radical (unpaired) electrons. The van der Waals surface area contributed by atoms with E-state index >= 15 is 0 Å². The standard InChI is InChI=1S/C7H16BrNO3S/c1-7(2)12-5-3-4-9-13(10,11)6-8/h7,9H,3-6H2,1-2H3. The molecule has 0 spiro atoms. The molecule has 0 rings (SSSR count). The summed E-state index contributed by atoms with van der Waals surface area (Å²) in [6.45, 7) is 4.91. The van der Waals surface area contributed by atoms with Gasteiger partial charge in [0.05, 0.1) is 6.10 Å². The van der Waals surface area contributed by atoms with Crippen LogP contribution in [0, 0.1) is 0 Å². The Labute approximate surface area is 88.2 Å². The van der Waals surface area contributed by atoms with E-state index in [9.17, 15) is 8.42 Å². The van der Waals surface area contributed by atoms with Crippen LogP contribution in [0.4, 0.5) is 0 Å². The summed E-state index contributed by atoms with van der Waals surface area (Å²) in [4.78, 5) is 0. The molecule has 0 atom stereocenters. The molecule has 0 aromatic heterocycles. The first kappa shape index (κ1) is 13.4. The van der Waals surface area contributed by atoms with Gasteiger partial charge in [-0.3, -0.25) is 0 Å². The van der Waals surface area contributed by atoms with Crippen molar-refractivity contribution in [1.82, 2.24) is 4.72 Å². The summed E-state index contributed by atoms with van der Waals surface area (Å²) in [5, 5.41) is 0. The second-order valence-electron chi connectivity index (χ2n) is 2.89. The molecule has 0 aromatic rings. The minimum Gasteiger partial charge on any atom is -0.379 e. The molecule has 4 nitrogen and oxygen atoms in total. The lowest BCUT2D eigenvalue weighted by molar-refractivity contribution is 0.0778. The summed E-state index contributed by atoms with van der Waals surface area (Å²) < 4.78 is 29.4. The second kappa shape index (κ2) is 6.75. The van der Waals surface area contributed by atoms with Crippen molar-refractivity contribution in [2.45, 2.75) is 26.4 Å². The second-order valence-corrected chi connectivity index (χ2v) is 6.00. The van der Waals surface area contributed by atoms with Crippen LogP contribution in [0.5, 0.6) is 0 Å². The van der Waals surface area contributed by atoms with Crippen molar-refractivity contribution in [1.29, 1.82) is 0 Å². The fourth-order valence-electron chi connectivity index (χ4n) is 0.657. The Morgan fingerprint density at radius 1 is 1.46 bits per heavy atom. The van der Waals surface area contributed by atoms with Crippen molar-refractivity contribution >= 4 is 26.0 Å². The molecule has 13 heavy (non-hydrogen) atoms. The van der Waals surface area contributed by atoms with E-state index in [-0.39, 0.29) is 10.8 Å². The topological polar surface area (TPSA) is 55.4 Å². The lowest BCUT2D eigenvalue weighted by Gasteiger charge is -2.07. The van der Waals surface area contributed by atoms with E-state index < -0.39 is 10.0 Å². The molecule has 0 aliphatic rings. The van der Waals surface area contributed by atoms with Gasteiger partial charge in [-0.2, -0.15) is 0 Å². The lowest BCUT2D eigenvalue weighted by Crippen LogP contribution is -2.26. The molecule has 0 amide bonds. The number of hydrogen-bond acceptors (Lipinski definition) is 3. The fourth-order valence-corrected chi connectivity index (χ4v) is 1.68. The van der Waals surface area contributed by atoms with E-state index in [1.807, 2.05) is 13.8 Å². The van der Waals surface area contributed by atoms with Gasteiger partial charge < -0.3 is 4.74 Å². The summed E-state index contributed by atoms with van der Waals surface area (Å²) in [7, 11) is -3.11. The van der Waals surface area contributed by atoms with Gasteiger partial charge in [-0.05, 0) is 20.3 Å². The van der Waals surface area contributed by atoms with Gasteiger partial charge in [0.15, 0.2) is 0 Å². The molecule has 0 aliphatic heterocycles. The van der Waals surface area contributed by atoms with Gasteiger partial charge in [-0.15, -0.1) is 0 Å². The minimum absolute atomic E-state index is 0.0506. The van der Waals surface area contributed by atoms with Crippen molar-refractivity contribution in [3.8, 4) is 0 Å². The van der Waals surface area contributed by atoms with E-state index in [1.54, 1.807) is 0 Å². The molecule has 0 saturated heterocycles. The van der Waals surface area contributed by atoms with Crippen LogP contribution in [0.2, 0.25) is 0 Å². The SMILES string of the molecule is CC(C)OCCCNS(=O)(=O)CBr. The molecule has 0 saturated carbocycles. The van der Waals surface area contributed by atoms with Crippen LogP contribution in [0.1, 0.15) is 20.3 Å². The van der Waals surface area contributed by atoms with Gasteiger partial charge in [0.2, 0.25) is 10.0 Å². The Bertz CT molecular complexity index is 216. The molecular weight excluding hydrogens is 258 g/mol. The summed E-state index contributed by atoms with van der Waals surface area (Å²) in [6.07, 6.45) is 0.900. The van der Waals surface area contributed by atoms with Crippen molar-refractivity contribution in [2.24, 2.45) is 0 Å². The normalized spacial score (nSPS) is 12.3. The number of hydrogen-bond donors (Lipinski definition) is 1. The quantitative estimate of drug-likeness (QED) is 0.558. The molecular formula is C7H16BrNO3S. The van der Waals surface area contributed by atoms with Gasteiger partial charge >= 0.3 is 0 Å². The summed E-state index contributed by atoms with van der Waals surface area (Å²) in [5.74, 6) is 0. The maximum absolute atomic E-state index is 10.9. The van der Waals surface area contributed by atoms with Crippen LogP contribution in [0.15, 0.2) is 0 Å². The monoisotopic (exact) mass is 273 g/mol. The van der Waals surface area contributed by atoms with E-state index in [1.165, 1.54) is 0 Å². The maximum atomic E-state index is 10.9. The first-order valence-corrected chi connectivity index (χ1v) is 6.90. The van der Waals surface area contributed by atoms with Crippen molar-refractivity contribution in [2.75, 3.05) is 17.8 Å². The Kier molecular flexibility index (Phi) is 6.93. The third-order valence-corrected chi connectivity index (χ3v) is 3.98. The van der Waals surface area contributed by atoms with Gasteiger partial charge in [0, 0.05) is 13.2 Å². The van der Waals surface area contributed by atoms with Crippen molar-refractivity contribution in [3.63, 3.8) is 0 Å². The van der Waals surface area contributed by atoms with Crippen LogP contribution in [0.3, 0.4) is 0 Å². The highest BCUT2D eigenvalue weighted by Gasteiger charge is 2.05. The Morgan fingerprint density at radius 3 is 2.54 bits per heavy atom. The van der Waals surface area contributed by atoms with Gasteiger partial charge in [0.1, 0.15) is 4.66 Å². The van der Waals surface area contributed by atoms with E-state index in [2.05, 4.69) is 20.7 Å². The molecule has 0 unspecified atom stereocenters. The van der Waals surface area contributed by atoms with Gasteiger partial charge in [-0.25, -0.2) is 13.1 Å². The third kappa shape index (κ3) is 8.67. The third-order valence-electron chi connectivity index (χ3n) is 1.24. The highest BCUT2D eigenvalue weighted by molar-refractivity contribution is 9.10. The Morgan fingerprint density at radius 2 is 2.08 bits per heavy atom. The Hall–Kier alpha value is 0.350. The van der Waals surface area contributed by atoms with Crippen LogP contribution in [-0.4, -0.2) is 32.3 Å². The van der Waals surface area contributed by atoms with Gasteiger partial charge in [-0.1, -0.05) is 15.9 Å². The smallest absolute Gasteiger partial charge is 0.221 e. The summed E-state index contributed by atoms with van der Waals surface area (Å²) >= 11 is 2.88. The lowest BCUT2D eigenvalue weighted by atomic mass is 10.4. The fraction of sp³-hybridized carbons (Fsp3) is 1.00. The number of rotatable bonds is 7. The predicted molar refractivity (Wildman–Crippen MR) is 56.4 cm³/mol. The number of sulfonamides is 1. The number of nitrogens with one attached hydrogen (secondary N) is 1. The molecule has 80 valence electrons. The first-order valence-electron chi connectivity index (χ1n) is 4.13. The molecule has 0 aromatic carbocycles. The number of halogens is 1. The summed E-state index contributed by atoms with van der Waals surface area (Å²) in [5.41, 5.74) is 0. The molecule has 0 bridgehead atoms. The molecule has 6 heteroatoms. The molecule has 1 N–H and O–H groups in total. The van der Waals surface area contributed by atoms with E-state index in [4.69, 9.17) is 4.74 Å². The van der Waals surface area contributed by atoms with Crippen LogP contribution in [-0.2, 0) is 14.8 Å². The van der Waals surface area contributed by atoms with E-state index in [0.29, 0.717) is 19.6 Å². The zero-order valence-corrected chi connectivity index (χ0v) is 10.3. The first-order chi connectivity index (χ1) is 5.98. The average Bonchev–Trinajstić information content (AvgIpc) is 2.03. The molecule has 0 aliphatic carbocycles. The number of alkyl halides is 1. The zero-order valence-electron chi connectivity index (χ0n) is 7.92. The van der Waals surface area contributed by atoms with E-state index in [0.717, 1.165) is 0 Å². The van der Waals surface area contributed by atoms with Crippen LogP contribution < -0.4 is 4.72 Å². The predicted octanol–water partition coefficient (Wildman–Crippen LogP) is 1.07. The van der Waals surface area contributed by atoms with Crippen LogP contribution >= 0.6 is 15.9 Å². The minimum atomic E-state index is -3.11. The molecule has 0 heterocycles. The van der Waals surface area contributed by atoms with Crippen LogP contribution in [0.25, 0.3) is 0 Å². The maximum Gasteiger partial charge on any atom is 0.221 e. The highest BCUT2D eigenvalue weighted by Crippen LogP contribution is 1.93. The average molecular weight is 274 g/mol. The number of ether oxygens (including phenoxy) is 1. The van der Waals surface area contributed by atoms with Gasteiger partial charge in [0.25, 0.3) is 0 Å². The van der Waals surface area contributed by atoms with Crippen molar-refractivity contribution < 1.29 is 13.2 Å². The zero-order chi connectivity index (χ0) is 10.3. The van der Waals surface area contributed by atoms with Crippen molar-refractivity contribution in [3.05, 3.63) is 0 Å². The largest absolute Gasteiger partial charge is 0.379 e. The highest BCUT2D eigenvalue weighted by atomic mass is 79.9. The molecule has 0 fully saturated rings. The summed E-state index contributed by atoms with van der Waals surface area (Å²) in [6, 6.07) is 0.